The molecule has 8 heteroatoms. The number of rotatable bonds is 3. The molecular weight excluding hydrogens is 396 g/mol. The van der Waals surface area contributed by atoms with Gasteiger partial charge in [-0.1, -0.05) is 6.07 Å². The highest BCUT2D eigenvalue weighted by atomic mass is 16.5. The van der Waals surface area contributed by atoms with E-state index >= 15 is 0 Å². The third-order valence-electron chi connectivity index (χ3n) is 6.06. The third-order valence-corrected chi connectivity index (χ3v) is 6.06. The second-order valence-corrected chi connectivity index (χ2v) is 7.98. The van der Waals surface area contributed by atoms with Crippen LogP contribution in [0.4, 0.5) is 5.69 Å². The molecule has 2 aliphatic heterocycles. The van der Waals surface area contributed by atoms with Crippen LogP contribution < -0.4 is 15.4 Å². The van der Waals surface area contributed by atoms with Crippen LogP contribution in [0.25, 0.3) is 17.1 Å². The molecule has 1 amide bonds. The fourth-order valence-corrected chi connectivity index (χ4v) is 4.45. The summed E-state index contributed by atoms with van der Waals surface area (Å²) in [6.45, 7) is 1.43. The first-order chi connectivity index (χ1) is 14.9. The fourth-order valence-electron chi connectivity index (χ4n) is 4.45. The Hall–Kier alpha value is -3.81. The number of primary amides is 1. The number of aromatic nitrogens is 2. The Bertz CT molecular complexity index is 1250. The van der Waals surface area contributed by atoms with E-state index in [1.807, 2.05) is 23.9 Å². The van der Waals surface area contributed by atoms with Crippen molar-refractivity contribution in [3.05, 3.63) is 53.5 Å². The number of aryl methyl sites for hydroxylation is 1. The minimum atomic E-state index is -0.349. The molecule has 0 spiro atoms. The molecule has 2 aliphatic rings. The highest BCUT2D eigenvalue weighted by Crippen LogP contribution is 2.39. The lowest BCUT2D eigenvalue weighted by atomic mass is 9.95. The zero-order valence-electron chi connectivity index (χ0n) is 17.0. The predicted octanol–water partition coefficient (Wildman–Crippen LogP) is 2.60. The number of benzene rings is 1. The number of carbonyl (C=O) groups excluding carboxylic acids is 2. The molecule has 1 aromatic carbocycles. The van der Waals surface area contributed by atoms with Gasteiger partial charge in [0, 0.05) is 55.1 Å². The van der Waals surface area contributed by atoms with Gasteiger partial charge in [0.2, 0.25) is 11.7 Å². The summed E-state index contributed by atoms with van der Waals surface area (Å²) < 4.78 is 7.65. The number of Topliss-reactive ketones (excluding diaryl/α,β-unsaturated/α-hetero) is 1. The number of pyridine rings is 1. The Labute approximate surface area is 178 Å². The maximum atomic E-state index is 12.8. The summed E-state index contributed by atoms with van der Waals surface area (Å²) in [5, 5.41) is 11.0. The largest absolute Gasteiger partial charge is 0.507 e. The Morgan fingerprint density at radius 3 is 2.77 bits per heavy atom. The van der Waals surface area contributed by atoms with Crippen molar-refractivity contribution in [2.24, 2.45) is 18.7 Å². The molecule has 0 saturated carbocycles. The molecule has 5 rings (SSSR count). The number of phenols is 1. The molecule has 4 heterocycles. The molecule has 3 aromatic rings. The van der Waals surface area contributed by atoms with Crippen molar-refractivity contribution in [2.75, 3.05) is 18.0 Å². The van der Waals surface area contributed by atoms with Crippen LogP contribution in [0, 0.1) is 5.92 Å². The first kappa shape index (κ1) is 19.2. The van der Waals surface area contributed by atoms with Gasteiger partial charge in [0.25, 0.3) is 0 Å². The molecule has 0 atom stereocenters. The van der Waals surface area contributed by atoms with E-state index in [9.17, 15) is 14.7 Å². The maximum Gasteiger partial charge on any atom is 0.235 e. The molecule has 2 aromatic heterocycles. The summed E-state index contributed by atoms with van der Waals surface area (Å²) in [6, 6.07) is 6.72. The van der Waals surface area contributed by atoms with Gasteiger partial charge in [0.1, 0.15) is 22.7 Å². The van der Waals surface area contributed by atoms with E-state index in [4.69, 9.17) is 10.5 Å². The van der Waals surface area contributed by atoms with Gasteiger partial charge in [0.15, 0.2) is 5.76 Å². The maximum absolute atomic E-state index is 12.8. The SMILES string of the molecule is Cn1cc(C=C2Oc3cccc(O)c3C2=O)c2c(N3CCC(C(N)=O)CC3)ccnc21. The van der Waals surface area contributed by atoms with Gasteiger partial charge in [-0.25, -0.2) is 4.98 Å². The van der Waals surface area contributed by atoms with Gasteiger partial charge < -0.3 is 25.0 Å². The average Bonchev–Trinajstić information content (AvgIpc) is 3.26. The minimum absolute atomic E-state index is 0.0940. The van der Waals surface area contributed by atoms with Crippen molar-refractivity contribution in [3.8, 4) is 11.5 Å². The number of ether oxygens (including phenoxy) is 1. The van der Waals surface area contributed by atoms with Crippen LogP contribution in [0.5, 0.6) is 11.5 Å². The van der Waals surface area contributed by atoms with Crippen LogP contribution >= 0.6 is 0 Å². The molecule has 31 heavy (non-hydrogen) atoms. The van der Waals surface area contributed by atoms with Crippen molar-refractivity contribution in [2.45, 2.75) is 12.8 Å². The highest BCUT2D eigenvalue weighted by molar-refractivity contribution is 6.17. The van der Waals surface area contributed by atoms with E-state index in [0.717, 1.165) is 22.3 Å². The lowest BCUT2D eigenvalue weighted by molar-refractivity contribution is -0.122. The van der Waals surface area contributed by atoms with Crippen LogP contribution in [0.1, 0.15) is 28.8 Å². The molecule has 8 nitrogen and oxygen atoms in total. The molecular formula is C23H22N4O4. The number of ketones is 1. The Morgan fingerprint density at radius 2 is 2.06 bits per heavy atom. The summed E-state index contributed by atoms with van der Waals surface area (Å²) in [4.78, 5) is 31.1. The van der Waals surface area contributed by atoms with E-state index in [2.05, 4.69) is 9.88 Å². The van der Waals surface area contributed by atoms with Crippen LogP contribution in [0.2, 0.25) is 0 Å². The van der Waals surface area contributed by atoms with Gasteiger partial charge in [0.05, 0.1) is 0 Å². The summed E-state index contributed by atoms with van der Waals surface area (Å²) in [5.41, 5.74) is 8.24. The lowest BCUT2D eigenvalue weighted by Gasteiger charge is -2.32. The third kappa shape index (κ3) is 3.11. The van der Waals surface area contributed by atoms with E-state index in [0.29, 0.717) is 31.7 Å². The van der Waals surface area contributed by atoms with E-state index in [-0.39, 0.29) is 34.7 Å². The number of fused-ring (bicyclic) bond motifs is 2. The Balaban J connectivity index is 1.55. The van der Waals surface area contributed by atoms with Crippen molar-refractivity contribution in [3.63, 3.8) is 0 Å². The zero-order chi connectivity index (χ0) is 21.7. The molecule has 1 saturated heterocycles. The van der Waals surface area contributed by atoms with E-state index in [1.165, 1.54) is 6.07 Å². The van der Waals surface area contributed by atoms with Gasteiger partial charge in [-0.2, -0.15) is 0 Å². The van der Waals surface area contributed by atoms with Crippen molar-refractivity contribution < 1.29 is 19.4 Å². The Kier molecular flexibility index (Phi) is 4.43. The number of hydrogen-bond donors (Lipinski definition) is 2. The number of hydrogen-bond acceptors (Lipinski definition) is 6. The summed E-state index contributed by atoms with van der Waals surface area (Å²) in [7, 11) is 1.90. The number of nitrogens with zero attached hydrogens (tertiary/aromatic N) is 3. The molecule has 3 N–H and O–H groups in total. The molecule has 158 valence electrons. The molecule has 0 unspecified atom stereocenters. The second kappa shape index (κ2) is 7.16. The van der Waals surface area contributed by atoms with Crippen molar-refractivity contribution in [1.29, 1.82) is 0 Å². The number of aromatic hydroxyl groups is 1. The number of phenolic OH excluding ortho intramolecular Hbond substituents is 1. The van der Waals surface area contributed by atoms with Gasteiger partial charge in [-0.3, -0.25) is 9.59 Å². The first-order valence-corrected chi connectivity index (χ1v) is 10.2. The van der Waals surface area contributed by atoms with E-state index < -0.39 is 0 Å². The Morgan fingerprint density at radius 1 is 1.29 bits per heavy atom. The standard InChI is InChI=1S/C23H22N4O4/c1-26-12-14(11-18-21(29)20-16(28)3-2-4-17(20)31-18)19-15(5-8-25-23(19)26)27-9-6-13(7-10-27)22(24)30/h2-5,8,11-13,28H,6-7,9-10H2,1H3,(H2,24,30). The molecule has 0 radical (unpaired) electrons. The van der Waals surface area contributed by atoms with Gasteiger partial charge in [-0.05, 0) is 37.1 Å². The number of carbonyl (C=O) groups is 2. The topological polar surface area (TPSA) is 111 Å². The predicted molar refractivity (Wildman–Crippen MR) is 116 cm³/mol. The van der Waals surface area contributed by atoms with Crippen LogP contribution in [-0.2, 0) is 11.8 Å². The van der Waals surface area contributed by atoms with E-state index in [1.54, 1.807) is 24.4 Å². The second-order valence-electron chi connectivity index (χ2n) is 7.98. The summed E-state index contributed by atoms with van der Waals surface area (Å²) in [5.74, 6) is -0.276. The van der Waals surface area contributed by atoms with Crippen LogP contribution in [0.3, 0.4) is 0 Å². The van der Waals surface area contributed by atoms with Crippen molar-refractivity contribution in [1.82, 2.24) is 9.55 Å². The number of nitrogens with two attached hydrogens (primary N) is 1. The quantitative estimate of drug-likeness (QED) is 0.633. The lowest BCUT2D eigenvalue weighted by Crippen LogP contribution is -2.38. The fraction of sp³-hybridized carbons (Fsp3) is 0.261. The number of anilines is 1. The van der Waals surface area contributed by atoms with Crippen molar-refractivity contribution >= 4 is 34.5 Å². The van der Waals surface area contributed by atoms with Crippen LogP contribution in [0.15, 0.2) is 42.4 Å². The molecule has 1 fully saturated rings. The highest BCUT2D eigenvalue weighted by Gasteiger charge is 2.31. The number of amides is 1. The molecule has 0 bridgehead atoms. The van der Waals surface area contributed by atoms with Crippen LogP contribution in [-0.4, -0.2) is 39.4 Å². The average molecular weight is 418 g/mol. The monoisotopic (exact) mass is 418 g/mol. The summed E-state index contributed by atoms with van der Waals surface area (Å²) in [6.07, 6.45) is 6.78. The van der Waals surface area contributed by atoms with Gasteiger partial charge in [-0.15, -0.1) is 0 Å². The normalized spacial score (nSPS) is 17.9. The van der Waals surface area contributed by atoms with Gasteiger partial charge >= 0.3 is 0 Å². The molecule has 0 aliphatic carbocycles. The first-order valence-electron chi connectivity index (χ1n) is 10.2. The smallest absolute Gasteiger partial charge is 0.235 e. The zero-order valence-corrected chi connectivity index (χ0v) is 17.0. The number of allylic oxidation sites excluding steroid dienone is 1. The minimum Gasteiger partial charge on any atom is -0.507 e. The summed E-state index contributed by atoms with van der Waals surface area (Å²) >= 11 is 0. The number of piperidine rings is 1.